The van der Waals surface area contributed by atoms with E-state index in [1.54, 1.807) is 13.8 Å². The quantitative estimate of drug-likeness (QED) is 0.743. The van der Waals surface area contributed by atoms with Crippen LogP contribution < -0.4 is 5.32 Å². The van der Waals surface area contributed by atoms with Gasteiger partial charge in [0.05, 0.1) is 12.0 Å². The second-order valence-corrected chi connectivity index (χ2v) is 4.65. The Morgan fingerprint density at radius 2 is 2.05 bits per heavy atom. The van der Waals surface area contributed by atoms with Crippen molar-refractivity contribution in [3.63, 3.8) is 0 Å². The minimum absolute atomic E-state index is 0.292. The van der Waals surface area contributed by atoms with Crippen LogP contribution in [0.4, 0.5) is 11.5 Å². The molecule has 0 saturated heterocycles. The van der Waals surface area contributed by atoms with Gasteiger partial charge in [0.15, 0.2) is 0 Å². The second-order valence-electron chi connectivity index (χ2n) is 4.65. The lowest BCUT2D eigenvalue weighted by Gasteiger charge is -2.07. The Labute approximate surface area is 127 Å². The van der Waals surface area contributed by atoms with Gasteiger partial charge in [-0.25, -0.2) is 14.8 Å². The highest BCUT2D eigenvalue weighted by atomic mass is 16.5. The molecule has 0 unspecified atom stereocenters. The van der Waals surface area contributed by atoms with Crippen molar-refractivity contribution >= 4 is 28.6 Å². The third-order valence-electron chi connectivity index (χ3n) is 3.18. The van der Waals surface area contributed by atoms with E-state index >= 15 is 0 Å². The molecule has 1 aromatic carbocycles. The number of ether oxygens (including phenoxy) is 1. The highest BCUT2D eigenvalue weighted by Gasteiger charge is 2.23. The molecule has 2 heterocycles. The molecule has 6 nitrogen and oxygen atoms in total. The molecule has 0 aliphatic rings. The molecular weight excluding hydrogens is 282 g/mol. The van der Waals surface area contributed by atoms with E-state index in [0.29, 0.717) is 34.8 Å². The summed E-state index contributed by atoms with van der Waals surface area (Å²) in [5.41, 5.74) is 1.57. The van der Waals surface area contributed by atoms with Gasteiger partial charge in [-0.1, -0.05) is 18.2 Å². The second kappa shape index (κ2) is 5.85. The number of fused-ring (bicyclic) bond motifs is 1. The Balaban J connectivity index is 2.12. The zero-order valence-corrected chi connectivity index (χ0v) is 12.3. The van der Waals surface area contributed by atoms with Gasteiger partial charge in [0.2, 0.25) is 5.71 Å². The third-order valence-corrected chi connectivity index (χ3v) is 3.18. The largest absolute Gasteiger partial charge is 0.462 e. The molecule has 0 amide bonds. The summed E-state index contributed by atoms with van der Waals surface area (Å²) in [6, 6.07) is 9.56. The van der Waals surface area contributed by atoms with E-state index in [1.807, 2.05) is 30.3 Å². The van der Waals surface area contributed by atoms with E-state index in [2.05, 4.69) is 15.3 Å². The Hall–Kier alpha value is -2.89. The average Bonchev–Trinajstić information content (AvgIpc) is 2.85. The molecule has 0 bridgehead atoms. The molecule has 2 aromatic heterocycles. The predicted octanol–water partition coefficient (Wildman–Crippen LogP) is 3.45. The Morgan fingerprint density at radius 1 is 1.27 bits per heavy atom. The van der Waals surface area contributed by atoms with Gasteiger partial charge in [-0.05, 0) is 26.0 Å². The van der Waals surface area contributed by atoms with Crippen LogP contribution >= 0.6 is 0 Å². The molecule has 1 N–H and O–H groups in total. The van der Waals surface area contributed by atoms with Gasteiger partial charge in [-0.3, -0.25) is 0 Å². The third kappa shape index (κ3) is 2.50. The summed E-state index contributed by atoms with van der Waals surface area (Å²) >= 11 is 0. The summed E-state index contributed by atoms with van der Waals surface area (Å²) < 4.78 is 10.7. The van der Waals surface area contributed by atoms with Gasteiger partial charge < -0.3 is 14.5 Å². The summed E-state index contributed by atoms with van der Waals surface area (Å²) in [5.74, 6) is 0.533. The number of carbonyl (C=O) groups excluding carboxylic acids is 1. The first-order valence-electron chi connectivity index (χ1n) is 6.94. The van der Waals surface area contributed by atoms with Gasteiger partial charge in [0.1, 0.15) is 23.5 Å². The summed E-state index contributed by atoms with van der Waals surface area (Å²) in [4.78, 5) is 20.5. The lowest BCUT2D eigenvalue weighted by molar-refractivity contribution is 0.0526. The van der Waals surface area contributed by atoms with Crippen molar-refractivity contribution in [1.82, 2.24) is 9.97 Å². The number of aromatic nitrogens is 2. The van der Waals surface area contributed by atoms with Crippen LogP contribution in [0.25, 0.3) is 11.1 Å². The zero-order chi connectivity index (χ0) is 15.5. The number of esters is 1. The minimum Gasteiger partial charge on any atom is -0.462 e. The fourth-order valence-corrected chi connectivity index (χ4v) is 2.25. The normalized spacial score (nSPS) is 10.6. The van der Waals surface area contributed by atoms with Crippen molar-refractivity contribution < 1.29 is 13.9 Å². The number of nitrogens with one attached hydrogen (secondary N) is 1. The standard InChI is InChI=1S/C16H15N3O3/c1-3-21-16(20)12-10(2)22-15-13(12)14(17-9-18-15)19-11-7-5-4-6-8-11/h4-9H,3H2,1-2H3,(H,17,18,19). The minimum atomic E-state index is -0.440. The number of furan rings is 1. The first-order valence-corrected chi connectivity index (χ1v) is 6.94. The maximum Gasteiger partial charge on any atom is 0.342 e. The van der Waals surface area contributed by atoms with E-state index in [9.17, 15) is 4.79 Å². The predicted molar refractivity (Wildman–Crippen MR) is 82.2 cm³/mol. The number of benzene rings is 1. The number of hydrogen-bond acceptors (Lipinski definition) is 6. The molecule has 6 heteroatoms. The molecule has 22 heavy (non-hydrogen) atoms. The number of anilines is 2. The van der Waals surface area contributed by atoms with Crippen LogP contribution in [0.5, 0.6) is 0 Å². The summed E-state index contributed by atoms with van der Waals surface area (Å²) in [6.45, 7) is 3.76. The lowest BCUT2D eigenvalue weighted by atomic mass is 10.2. The lowest BCUT2D eigenvalue weighted by Crippen LogP contribution is -2.06. The number of aryl methyl sites for hydroxylation is 1. The van der Waals surface area contributed by atoms with Crippen LogP contribution in [0, 0.1) is 6.92 Å². The molecule has 3 rings (SSSR count). The topological polar surface area (TPSA) is 77.2 Å². The maximum absolute atomic E-state index is 12.2. The number of carbonyl (C=O) groups is 1. The van der Waals surface area contributed by atoms with Crippen LogP contribution in [0.3, 0.4) is 0 Å². The van der Waals surface area contributed by atoms with Gasteiger partial charge in [-0.2, -0.15) is 0 Å². The maximum atomic E-state index is 12.2. The fourth-order valence-electron chi connectivity index (χ4n) is 2.25. The van der Waals surface area contributed by atoms with Crippen molar-refractivity contribution in [1.29, 1.82) is 0 Å². The monoisotopic (exact) mass is 297 g/mol. The van der Waals surface area contributed by atoms with Crippen molar-refractivity contribution in [2.24, 2.45) is 0 Å². The van der Waals surface area contributed by atoms with E-state index in [0.717, 1.165) is 5.69 Å². The van der Waals surface area contributed by atoms with Crippen LogP contribution in [0.15, 0.2) is 41.1 Å². The Bertz CT molecular complexity index is 812. The molecule has 3 aromatic rings. The van der Waals surface area contributed by atoms with Crippen molar-refractivity contribution in [2.45, 2.75) is 13.8 Å². The van der Waals surface area contributed by atoms with Gasteiger partial charge in [-0.15, -0.1) is 0 Å². The molecular formula is C16H15N3O3. The molecule has 0 atom stereocenters. The van der Waals surface area contributed by atoms with Gasteiger partial charge in [0, 0.05) is 5.69 Å². The molecule has 0 fully saturated rings. The Kier molecular flexibility index (Phi) is 3.74. The average molecular weight is 297 g/mol. The van der Waals surface area contributed by atoms with Crippen LogP contribution in [-0.4, -0.2) is 22.5 Å². The van der Waals surface area contributed by atoms with Crippen molar-refractivity contribution in [3.8, 4) is 0 Å². The van der Waals surface area contributed by atoms with Crippen LogP contribution in [-0.2, 0) is 4.74 Å². The number of rotatable bonds is 4. The smallest absolute Gasteiger partial charge is 0.342 e. The molecule has 0 aliphatic carbocycles. The summed E-state index contributed by atoms with van der Waals surface area (Å²) in [5, 5.41) is 3.71. The van der Waals surface area contributed by atoms with Crippen LogP contribution in [0.2, 0.25) is 0 Å². The first kappa shape index (κ1) is 14.1. The fraction of sp³-hybridized carbons (Fsp3) is 0.188. The highest BCUT2D eigenvalue weighted by Crippen LogP contribution is 2.31. The first-order chi connectivity index (χ1) is 10.7. The zero-order valence-electron chi connectivity index (χ0n) is 12.3. The molecule has 0 spiro atoms. The van der Waals surface area contributed by atoms with E-state index < -0.39 is 5.97 Å². The molecule has 0 aliphatic heterocycles. The molecule has 0 saturated carbocycles. The number of para-hydroxylation sites is 1. The summed E-state index contributed by atoms with van der Waals surface area (Å²) in [6.07, 6.45) is 1.39. The highest BCUT2D eigenvalue weighted by molar-refractivity contribution is 6.08. The van der Waals surface area contributed by atoms with Crippen molar-refractivity contribution in [3.05, 3.63) is 48.0 Å². The van der Waals surface area contributed by atoms with E-state index in [-0.39, 0.29) is 0 Å². The number of hydrogen-bond donors (Lipinski definition) is 1. The van der Waals surface area contributed by atoms with Gasteiger partial charge >= 0.3 is 5.97 Å². The van der Waals surface area contributed by atoms with Crippen molar-refractivity contribution in [2.75, 3.05) is 11.9 Å². The van der Waals surface area contributed by atoms with E-state index in [4.69, 9.17) is 9.15 Å². The van der Waals surface area contributed by atoms with E-state index in [1.165, 1.54) is 6.33 Å². The number of nitrogens with zero attached hydrogens (tertiary/aromatic N) is 2. The van der Waals surface area contributed by atoms with Crippen LogP contribution in [0.1, 0.15) is 23.0 Å². The summed E-state index contributed by atoms with van der Waals surface area (Å²) in [7, 11) is 0. The SMILES string of the molecule is CCOC(=O)c1c(C)oc2ncnc(Nc3ccccc3)c12. The molecule has 112 valence electrons. The Morgan fingerprint density at radius 3 is 2.77 bits per heavy atom. The molecule has 0 radical (unpaired) electrons. The van der Waals surface area contributed by atoms with Gasteiger partial charge in [0.25, 0.3) is 0 Å².